The summed E-state index contributed by atoms with van der Waals surface area (Å²) < 4.78 is 6.38. The first kappa shape index (κ1) is 24.8. The minimum atomic E-state index is 0.884. The van der Waals surface area contributed by atoms with Crippen molar-refractivity contribution in [2.24, 2.45) is 0 Å². The van der Waals surface area contributed by atoms with Crippen LogP contribution in [0.1, 0.15) is 77.8 Å². The second kappa shape index (κ2) is 13.9. The zero-order valence-corrected chi connectivity index (χ0v) is 19.6. The number of aryl methyl sites for hydroxylation is 1. The summed E-state index contributed by atoms with van der Waals surface area (Å²) >= 11 is 0. The predicted molar refractivity (Wildman–Crippen MR) is 130 cm³/mol. The van der Waals surface area contributed by atoms with Gasteiger partial charge in [0, 0.05) is 13.1 Å². The quantitative estimate of drug-likeness (QED) is 0.377. The molecule has 2 rings (SSSR count). The Morgan fingerprint density at radius 3 is 2.03 bits per heavy atom. The summed E-state index contributed by atoms with van der Waals surface area (Å²) in [6, 6.07) is 14.6. The number of nitrogens with zero attached hydrogens (tertiary/aromatic N) is 1. The summed E-state index contributed by atoms with van der Waals surface area (Å²) in [4.78, 5) is 2.50. The van der Waals surface area contributed by atoms with Gasteiger partial charge >= 0.3 is 0 Å². The van der Waals surface area contributed by atoms with Gasteiger partial charge in [-0.1, -0.05) is 72.2 Å². The standard InChI is InChI=1S/C25H35NO.C2H6/c1-6-9-16-26(17-10-7-2)24-19-22(20(4)8-3)18-21(5)25(24)27-23-14-12-11-13-15-23;1-2/h11-15,18-19H,4,6-10,16-17H2,1-3,5H3;1-2H3. The molecule has 0 spiro atoms. The number of allylic oxidation sites excluding steroid dienone is 1. The molecule has 0 aliphatic carbocycles. The summed E-state index contributed by atoms with van der Waals surface area (Å²) in [5.74, 6) is 1.86. The van der Waals surface area contributed by atoms with Crippen LogP contribution in [-0.2, 0) is 0 Å². The molecule has 0 bridgehead atoms. The maximum absolute atomic E-state index is 6.38. The molecular weight excluding hydrogens is 354 g/mol. The number of ether oxygens (including phenoxy) is 1. The Balaban J connectivity index is 0.00000204. The van der Waals surface area contributed by atoms with Crippen molar-refractivity contribution in [3.8, 4) is 11.5 Å². The number of anilines is 1. The van der Waals surface area contributed by atoms with Crippen LogP contribution < -0.4 is 9.64 Å². The molecule has 0 atom stereocenters. The van der Waals surface area contributed by atoms with Crippen molar-refractivity contribution in [1.82, 2.24) is 0 Å². The third kappa shape index (κ3) is 7.61. The third-order valence-corrected chi connectivity index (χ3v) is 4.96. The summed E-state index contributed by atoms with van der Waals surface area (Å²) in [5, 5.41) is 0. The monoisotopic (exact) mass is 395 g/mol. The fraction of sp³-hybridized carbons (Fsp3) is 0.481. The molecule has 0 aliphatic heterocycles. The Kier molecular flexibility index (Phi) is 11.9. The molecule has 2 aromatic carbocycles. The Hall–Kier alpha value is -2.22. The van der Waals surface area contributed by atoms with Gasteiger partial charge in [-0.25, -0.2) is 0 Å². The van der Waals surface area contributed by atoms with Crippen molar-refractivity contribution in [3.05, 3.63) is 60.2 Å². The fourth-order valence-corrected chi connectivity index (χ4v) is 3.19. The van der Waals surface area contributed by atoms with Gasteiger partial charge in [0.1, 0.15) is 5.75 Å². The number of hydrogen-bond donors (Lipinski definition) is 0. The van der Waals surface area contributed by atoms with Crippen molar-refractivity contribution in [2.75, 3.05) is 18.0 Å². The molecule has 0 aromatic heterocycles. The van der Waals surface area contributed by atoms with E-state index in [0.29, 0.717) is 0 Å². The molecule has 160 valence electrons. The Morgan fingerprint density at radius 2 is 1.52 bits per heavy atom. The molecule has 0 aliphatic rings. The van der Waals surface area contributed by atoms with Gasteiger partial charge < -0.3 is 9.64 Å². The number of hydrogen-bond acceptors (Lipinski definition) is 2. The van der Waals surface area contributed by atoms with Crippen LogP contribution >= 0.6 is 0 Å². The Labute approximate surface area is 179 Å². The zero-order valence-electron chi connectivity index (χ0n) is 19.6. The molecule has 2 aromatic rings. The van der Waals surface area contributed by atoms with Gasteiger partial charge in [0.05, 0.1) is 5.69 Å². The number of rotatable bonds is 11. The lowest BCUT2D eigenvalue weighted by Crippen LogP contribution is -2.26. The first-order valence-corrected chi connectivity index (χ1v) is 11.4. The maximum Gasteiger partial charge on any atom is 0.153 e. The van der Waals surface area contributed by atoms with Crippen LogP contribution in [0.5, 0.6) is 11.5 Å². The van der Waals surface area contributed by atoms with Crippen LogP contribution in [0.3, 0.4) is 0 Å². The molecule has 2 heteroatoms. The highest BCUT2D eigenvalue weighted by Crippen LogP contribution is 2.39. The highest BCUT2D eigenvalue weighted by atomic mass is 16.5. The molecule has 0 fully saturated rings. The van der Waals surface area contributed by atoms with Gasteiger partial charge in [-0.3, -0.25) is 0 Å². The fourth-order valence-electron chi connectivity index (χ4n) is 3.19. The van der Waals surface area contributed by atoms with E-state index in [1.54, 1.807) is 0 Å². The van der Waals surface area contributed by atoms with Crippen LogP contribution in [0, 0.1) is 6.92 Å². The highest BCUT2D eigenvalue weighted by Gasteiger charge is 2.17. The first-order valence-electron chi connectivity index (χ1n) is 11.4. The smallest absolute Gasteiger partial charge is 0.153 e. The Bertz CT molecular complexity index is 713. The van der Waals surface area contributed by atoms with Gasteiger partial charge in [0.25, 0.3) is 0 Å². The SMILES string of the molecule is C=C(CC)c1cc(C)c(Oc2ccccc2)c(N(CCCC)CCCC)c1.CC. The minimum Gasteiger partial charge on any atom is -0.455 e. The van der Waals surface area contributed by atoms with E-state index in [-0.39, 0.29) is 0 Å². The van der Waals surface area contributed by atoms with Crippen LogP contribution in [0.2, 0.25) is 0 Å². The topological polar surface area (TPSA) is 12.5 Å². The van der Waals surface area contributed by atoms with Gasteiger partial charge in [-0.2, -0.15) is 0 Å². The van der Waals surface area contributed by atoms with E-state index >= 15 is 0 Å². The van der Waals surface area contributed by atoms with Crippen LogP contribution in [-0.4, -0.2) is 13.1 Å². The molecule has 0 amide bonds. The molecule has 0 heterocycles. The lowest BCUT2D eigenvalue weighted by atomic mass is 10.00. The molecule has 0 saturated carbocycles. The molecule has 0 N–H and O–H groups in total. The van der Waals surface area contributed by atoms with E-state index in [4.69, 9.17) is 4.74 Å². The van der Waals surface area contributed by atoms with Crippen molar-refractivity contribution in [1.29, 1.82) is 0 Å². The van der Waals surface area contributed by atoms with E-state index in [0.717, 1.165) is 31.0 Å². The van der Waals surface area contributed by atoms with E-state index in [9.17, 15) is 0 Å². The average Bonchev–Trinajstić information content (AvgIpc) is 2.77. The Morgan fingerprint density at radius 1 is 0.931 bits per heavy atom. The molecule has 0 radical (unpaired) electrons. The molecular formula is C27H41NO. The lowest BCUT2D eigenvalue weighted by molar-refractivity contribution is 0.476. The van der Waals surface area contributed by atoms with E-state index < -0.39 is 0 Å². The zero-order chi connectivity index (χ0) is 21.6. The van der Waals surface area contributed by atoms with Gasteiger partial charge in [0.2, 0.25) is 0 Å². The first-order chi connectivity index (χ1) is 14.1. The third-order valence-electron chi connectivity index (χ3n) is 4.96. The van der Waals surface area contributed by atoms with Crippen molar-refractivity contribution >= 4 is 11.3 Å². The largest absolute Gasteiger partial charge is 0.455 e. The van der Waals surface area contributed by atoms with Crippen LogP contribution in [0.25, 0.3) is 5.57 Å². The normalized spacial score (nSPS) is 10.1. The van der Waals surface area contributed by atoms with E-state index in [1.807, 2.05) is 44.2 Å². The summed E-state index contributed by atoms with van der Waals surface area (Å²) in [6.07, 6.45) is 5.72. The molecule has 0 unspecified atom stereocenters. The number of benzene rings is 2. The van der Waals surface area contributed by atoms with Crippen molar-refractivity contribution < 1.29 is 4.74 Å². The van der Waals surface area contributed by atoms with Gasteiger partial charge in [0.15, 0.2) is 5.75 Å². The second-order valence-electron chi connectivity index (χ2n) is 7.21. The van der Waals surface area contributed by atoms with Crippen LogP contribution in [0.15, 0.2) is 49.0 Å². The van der Waals surface area contributed by atoms with Crippen molar-refractivity contribution in [2.45, 2.75) is 73.6 Å². The van der Waals surface area contributed by atoms with Gasteiger partial charge in [-0.15, -0.1) is 0 Å². The second-order valence-corrected chi connectivity index (χ2v) is 7.21. The number of unbranched alkanes of at least 4 members (excludes halogenated alkanes) is 2. The van der Waals surface area contributed by atoms with Crippen molar-refractivity contribution in [3.63, 3.8) is 0 Å². The highest BCUT2D eigenvalue weighted by molar-refractivity contribution is 5.73. The maximum atomic E-state index is 6.38. The van der Waals surface area contributed by atoms with Crippen LogP contribution in [0.4, 0.5) is 5.69 Å². The number of para-hydroxylation sites is 1. The molecule has 29 heavy (non-hydrogen) atoms. The average molecular weight is 396 g/mol. The van der Waals surface area contributed by atoms with E-state index in [1.165, 1.54) is 48.1 Å². The summed E-state index contributed by atoms with van der Waals surface area (Å²) in [5.41, 5.74) is 4.77. The summed E-state index contributed by atoms with van der Waals surface area (Å²) in [7, 11) is 0. The van der Waals surface area contributed by atoms with Gasteiger partial charge in [-0.05, 0) is 67.2 Å². The summed E-state index contributed by atoms with van der Waals surface area (Å²) in [6.45, 7) is 19.2. The predicted octanol–water partition coefficient (Wildman–Crippen LogP) is 8.64. The minimum absolute atomic E-state index is 0.884. The lowest BCUT2D eigenvalue weighted by Gasteiger charge is -2.28. The molecule has 2 nitrogen and oxygen atoms in total. The van der Waals surface area contributed by atoms with E-state index in [2.05, 4.69) is 51.3 Å². The molecule has 0 saturated heterocycles.